The summed E-state index contributed by atoms with van der Waals surface area (Å²) in [5, 5.41) is 0. The number of alkyl halides is 3. The largest absolute Gasteiger partial charge is 0.433 e. The van der Waals surface area contributed by atoms with Crippen molar-refractivity contribution in [2.24, 2.45) is 0 Å². The number of pyridine rings is 1. The van der Waals surface area contributed by atoms with E-state index in [-0.39, 0.29) is 27.7 Å². The molecule has 3 heterocycles. The highest BCUT2D eigenvalue weighted by Crippen LogP contribution is 2.30. The summed E-state index contributed by atoms with van der Waals surface area (Å²) in [7, 11) is -3.74. The SMILES string of the molecule is CCS(=O)(=O)c1ccc(F)nc1-c1cn2cnc(C(F)(F)F)cc2n1. The van der Waals surface area contributed by atoms with E-state index < -0.39 is 27.7 Å². The van der Waals surface area contributed by atoms with Gasteiger partial charge >= 0.3 is 6.18 Å². The molecule has 0 fully saturated rings. The molecule has 3 aromatic rings. The van der Waals surface area contributed by atoms with Crippen molar-refractivity contribution in [3.63, 3.8) is 0 Å². The first-order chi connectivity index (χ1) is 11.6. The van der Waals surface area contributed by atoms with Gasteiger partial charge in [-0.25, -0.2) is 23.4 Å². The van der Waals surface area contributed by atoms with Crippen LogP contribution in [0.25, 0.3) is 17.0 Å². The third-order valence-electron chi connectivity index (χ3n) is 3.42. The molecule has 3 rings (SSSR count). The molecule has 132 valence electrons. The van der Waals surface area contributed by atoms with Crippen LogP contribution in [-0.2, 0) is 16.0 Å². The Labute approximate surface area is 139 Å². The Morgan fingerprint density at radius 1 is 1.20 bits per heavy atom. The van der Waals surface area contributed by atoms with Crippen molar-refractivity contribution in [1.82, 2.24) is 19.4 Å². The Kier molecular flexibility index (Phi) is 3.98. The van der Waals surface area contributed by atoms with Gasteiger partial charge in [-0.15, -0.1) is 0 Å². The van der Waals surface area contributed by atoms with E-state index >= 15 is 0 Å². The van der Waals surface area contributed by atoms with Crippen LogP contribution in [-0.4, -0.2) is 33.5 Å². The minimum Gasteiger partial charge on any atom is -0.290 e. The van der Waals surface area contributed by atoms with Crippen molar-refractivity contribution in [3.8, 4) is 11.4 Å². The van der Waals surface area contributed by atoms with Crippen LogP contribution < -0.4 is 0 Å². The van der Waals surface area contributed by atoms with Gasteiger partial charge in [-0.05, 0) is 12.1 Å². The Balaban J connectivity index is 2.22. The number of imidazole rings is 1. The fourth-order valence-electron chi connectivity index (χ4n) is 2.17. The summed E-state index contributed by atoms with van der Waals surface area (Å²) in [5.74, 6) is -1.18. The molecule has 0 N–H and O–H groups in total. The minimum absolute atomic E-state index is 0.0763. The molecule has 0 saturated carbocycles. The Hall–Kier alpha value is -2.56. The molecule has 0 amide bonds. The van der Waals surface area contributed by atoms with Crippen LogP contribution in [0.15, 0.2) is 35.6 Å². The van der Waals surface area contributed by atoms with Crippen molar-refractivity contribution in [2.75, 3.05) is 5.75 Å². The molecule has 0 unspecified atom stereocenters. The van der Waals surface area contributed by atoms with E-state index in [2.05, 4.69) is 15.0 Å². The second kappa shape index (κ2) is 5.76. The highest BCUT2D eigenvalue weighted by Gasteiger charge is 2.33. The molecule has 0 aromatic carbocycles. The van der Waals surface area contributed by atoms with Crippen LogP contribution in [0.4, 0.5) is 17.6 Å². The molecule has 0 aliphatic carbocycles. The molecule has 0 spiro atoms. The van der Waals surface area contributed by atoms with Crippen molar-refractivity contribution in [2.45, 2.75) is 18.0 Å². The van der Waals surface area contributed by atoms with Gasteiger partial charge in [0.05, 0.1) is 10.6 Å². The molecule has 0 radical (unpaired) electrons. The van der Waals surface area contributed by atoms with Gasteiger partial charge in [-0.3, -0.25) is 4.40 Å². The molecular formula is C14H10F4N4O2S. The lowest BCUT2D eigenvalue weighted by Crippen LogP contribution is -2.08. The lowest BCUT2D eigenvalue weighted by molar-refractivity contribution is -0.141. The van der Waals surface area contributed by atoms with Gasteiger partial charge in [0, 0.05) is 12.3 Å². The summed E-state index contributed by atoms with van der Waals surface area (Å²) >= 11 is 0. The molecule has 25 heavy (non-hydrogen) atoms. The fourth-order valence-corrected chi connectivity index (χ4v) is 3.20. The smallest absolute Gasteiger partial charge is 0.290 e. The van der Waals surface area contributed by atoms with Gasteiger partial charge < -0.3 is 0 Å². The van der Waals surface area contributed by atoms with Crippen molar-refractivity contribution < 1.29 is 26.0 Å². The minimum atomic E-state index is -4.65. The van der Waals surface area contributed by atoms with Crippen LogP contribution in [0, 0.1) is 5.95 Å². The monoisotopic (exact) mass is 374 g/mol. The number of fused-ring (bicyclic) bond motifs is 1. The lowest BCUT2D eigenvalue weighted by atomic mass is 10.3. The summed E-state index contributed by atoms with van der Waals surface area (Å²) in [6.45, 7) is 1.41. The van der Waals surface area contributed by atoms with Crippen LogP contribution in [0.3, 0.4) is 0 Å². The first-order valence-electron chi connectivity index (χ1n) is 6.93. The summed E-state index contributed by atoms with van der Waals surface area (Å²) in [6.07, 6.45) is -2.53. The van der Waals surface area contributed by atoms with Gasteiger partial charge in [0.15, 0.2) is 9.84 Å². The summed E-state index contributed by atoms with van der Waals surface area (Å²) in [4.78, 5) is 10.5. The van der Waals surface area contributed by atoms with Gasteiger partial charge in [0.2, 0.25) is 5.95 Å². The van der Waals surface area contributed by atoms with Gasteiger partial charge in [0.25, 0.3) is 0 Å². The van der Waals surface area contributed by atoms with Crippen molar-refractivity contribution >= 4 is 15.5 Å². The second-order valence-corrected chi connectivity index (χ2v) is 7.29. The molecule has 6 nitrogen and oxygen atoms in total. The predicted molar refractivity (Wildman–Crippen MR) is 78.9 cm³/mol. The fraction of sp³-hybridized carbons (Fsp3) is 0.214. The number of nitrogens with zero attached hydrogens (tertiary/aromatic N) is 4. The normalized spacial score (nSPS) is 12.7. The Morgan fingerprint density at radius 2 is 1.92 bits per heavy atom. The zero-order valence-electron chi connectivity index (χ0n) is 12.6. The van der Waals surface area contributed by atoms with Gasteiger partial charge in [0.1, 0.15) is 29.1 Å². The molecule has 0 saturated heterocycles. The third-order valence-corrected chi connectivity index (χ3v) is 5.18. The molecule has 0 aliphatic rings. The van der Waals surface area contributed by atoms with Crippen LogP contribution >= 0.6 is 0 Å². The van der Waals surface area contributed by atoms with E-state index in [9.17, 15) is 26.0 Å². The summed E-state index contributed by atoms with van der Waals surface area (Å²) in [6, 6.07) is 2.65. The number of hydrogen-bond donors (Lipinski definition) is 0. The number of rotatable bonds is 3. The topological polar surface area (TPSA) is 77.2 Å². The maximum atomic E-state index is 13.5. The predicted octanol–water partition coefficient (Wildman–Crippen LogP) is 2.74. The van der Waals surface area contributed by atoms with Crippen molar-refractivity contribution in [3.05, 3.63) is 42.4 Å². The third kappa shape index (κ3) is 3.18. The van der Waals surface area contributed by atoms with E-state index in [1.807, 2.05) is 0 Å². The average molecular weight is 374 g/mol. The quantitative estimate of drug-likeness (QED) is 0.520. The van der Waals surface area contributed by atoms with Crippen LogP contribution in [0.2, 0.25) is 0 Å². The first-order valence-corrected chi connectivity index (χ1v) is 8.58. The van der Waals surface area contributed by atoms with Gasteiger partial charge in [-0.1, -0.05) is 6.92 Å². The van der Waals surface area contributed by atoms with Crippen LogP contribution in [0.1, 0.15) is 12.6 Å². The zero-order chi connectivity index (χ0) is 18.4. The standard InChI is InChI=1S/C14H10F4N4O2S/c1-2-25(23,24)9-3-4-11(15)21-13(9)8-6-22-7-19-10(14(16,17)18)5-12(22)20-8/h3-7H,2H2,1H3. The van der Waals surface area contributed by atoms with E-state index in [0.717, 1.165) is 18.5 Å². The Bertz CT molecular complexity index is 1060. The van der Waals surface area contributed by atoms with E-state index in [4.69, 9.17) is 0 Å². The van der Waals surface area contributed by atoms with E-state index in [1.54, 1.807) is 0 Å². The van der Waals surface area contributed by atoms with E-state index in [0.29, 0.717) is 6.07 Å². The molecule has 11 heteroatoms. The zero-order valence-corrected chi connectivity index (χ0v) is 13.4. The highest BCUT2D eigenvalue weighted by atomic mass is 32.2. The number of hydrogen-bond acceptors (Lipinski definition) is 5. The van der Waals surface area contributed by atoms with Gasteiger partial charge in [-0.2, -0.15) is 17.6 Å². The maximum absolute atomic E-state index is 13.5. The average Bonchev–Trinajstić information content (AvgIpc) is 2.96. The second-order valence-electron chi connectivity index (χ2n) is 5.05. The maximum Gasteiger partial charge on any atom is 0.433 e. The molecule has 3 aromatic heterocycles. The molecule has 0 bridgehead atoms. The Morgan fingerprint density at radius 3 is 2.56 bits per heavy atom. The summed E-state index contributed by atoms with van der Waals surface area (Å²) in [5.41, 5.74) is -1.61. The molecular weight excluding hydrogens is 364 g/mol. The summed E-state index contributed by atoms with van der Waals surface area (Å²) < 4.78 is 77.1. The lowest BCUT2D eigenvalue weighted by Gasteiger charge is -2.06. The number of aromatic nitrogens is 4. The highest BCUT2D eigenvalue weighted by molar-refractivity contribution is 7.91. The molecule has 0 aliphatic heterocycles. The molecule has 0 atom stereocenters. The first kappa shape index (κ1) is 17.3. The number of halogens is 4. The number of sulfone groups is 1. The van der Waals surface area contributed by atoms with Crippen LogP contribution in [0.5, 0.6) is 0 Å². The van der Waals surface area contributed by atoms with E-state index in [1.165, 1.54) is 17.5 Å². The van der Waals surface area contributed by atoms with Crippen molar-refractivity contribution in [1.29, 1.82) is 0 Å².